The zero-order valence-electron chi connectivity index (χ0n) is 12.4. The van der Waals surface area contributed by atoms with Gasteiger partial charge >= 0.3 is 0 Å². The molecule has 8 heteroatoms. The van der Waals surface area contributed by atoms with Crippen LogP contribution in [-0.2, 0) is 6.42 Å². The summed E-state index contributed by atoms with van der Waals surface area (Å²) in [5.74, 6) is 1.22. The molecule has 2 rings (SSSR count). The van der Waals surface area contributed by atoms with E-state index >= 15 is 0 Å². The quantitative estimate of drug-likeness (QED) is 0.633. The molecule has 1 aromatic carbocycles. The summed E-state index contributed by atoms with van der Waals surface area (Å²) in [6.45, 7) is 5.80. The van der Waals surface area contributed by atoms with Gasteiger partial charge in [0.25, 0.3) is 0 Å². The van der Waals surface area contributed by atoms with Crippen molar-refractivity contribution in [3.8, 4) is 5.75 Å². The van der Waals surface area contributed by atoms with Crippen LogP contribution in [0.15, 0.2) is 17.2 Å². The van der Waals surface area contributed by atoms with E-state index in [4.69, 9.17) is 40.2 Å². The molecule has 0 saturated heterocycles. The molecule has 0 radical (unpaired) electrons. The zero-order valence-corrected chi connectivity index (χ0v) is 14.8. The molecule has 0 aliphatic heterocycles. The molecular formula is C14H16Cl2N4OS. The van der Waals surface area contributed by atoms with E-state index in [0.29, 0.717) is 27.0 Å². The molecule has 0 amide bonds. The van der Waals surface area contributed by atoms with Gasteiger partial charge in [-0.1, -0.05) is 30.1 Å². The summed E-state index contributed by atoms with van der Waals surface area (Å²) >= 11 is 17.6. The van der Waals surface area contributed by atoms with E-state index in [9.17, 15) is 0 Å². The summed E-state index contributed by atoms with van der Waals surface area (Å²) in [5.41, 5.74) is 0.747. The van der Waals surface area contributed by atoms with Crippen molar-refractivity contribution in [1.82, 2.24) is 14.9 Å². The minimum atomic E-state index is -0.00844. The highest BCUT2D eigenvalue weighted by atomic mass is 35.5. The zero-order chi connectivity index (χ0) is 16.3. The number of nitrogens with one attached hydrogen (secondary N) is 1. The largest absolute Gasteiger partial charge is 0.488 e. The summed E-state index contributed by atoms with van der Waals surface area (Å²) < 4.78 is 7.59. The average Bonchev–Trinajstić information content (AvgIpc) is 2.80. The molecule has 1 heterocycles. The highest BCUT2D eigenvalue weighted by Crippen LogP contribution is 2.34. The Morgan fingerprint density at radius 1 is 1.41 bits per heavy atom. The Morgan fingerprint density at radius 2 is 2.05 bits per heavy atom. The van der Waals surface area contributed by atoms with Crippen molar-refractivity contribution in [3.05, 3.63) is 38.3 Å². The molecule has 0 aliphatic rings. The molecule has 0 atom stereocenters. The van der Waals surface area contributed by atoms with Crippen molar-refractivity contribution in [2.45, 2.75) is 33.3 Å². The number of hydrogen-bond acceptors (Lipinski definition) is 4. The number of halogens is 2. The lowest BCUT2D eigenvalue weighted by Crippen LogP contribution is -2.06. The van der Waals surface area contributed by atoms with Crippen LogP contribution in [0.2, 0.25) is 10.0 Å². The van der Waals surface area contributed by atoms with Crippen molar-refractivity contribution in [3.63, 3.8) is 0 Å². The van der Waals surface area contributed by atoms with Crippen LogP contribution in [0.5, 0.6) is 5.75 Å². The maximum absolute atomic E-state index is 6.21. The Bertz CT molecular complexity index is 729. The van der Waals surface area contributed by atoms with Crippen LogP contribution in [0.25, 0.3) is 0 Å². The molecule has 0 bridgehead atoms. The van der Waals surface area contributed by atoms with Gasteiger partial charge in [-0.2, -0.15) is 14.9 Å². The van der Waals surface area contributed by atoms with Crippen molar-refractivity contribution < 1.29 is 4.74 Å². The Kier molecular flexibility index (Phi) is 5.61. The topological polar surface area (TPSA) is 55.2 Å². The van der Waals surface area contributed by atoms with Gasteiger partial charge in [-0.25, -0.2) is 0 Å². The van der Waals surface area contributed by atoms with Crippen molar-refractivity contribution in [2.75, 3.05) is 0 Å². The van der Waals surface area contributed by atoms with Gasteiger partial charge in [-0.3, -0.25) is 5.10 Å². The minimum absolute atomic E-state index is 0.00844. The number of nitrogens with zero attached hydrogens (tertiary/aromatic N) is 3. The fourth-order valence-electron chi connectivity index (χ4n) is 1.80. The molecule has 0 fully saturated rings. The molecule has 0 spiro atoms. The fraction of sp³-hybridized carbons (Fsp3) is 0.357. The molecule has 118 valence electrons. The van der Waals surface area contributed by atoms with Gasteiger partial charge in [0.05, 0.1) is 22.4 Å². The second-order valence-corrected chi connectivity index (χ2v) is 6.04. The first kappa shape index (κ1) is 17.0. The third-order valence-electron chi connectivity index (χ3n) is 2.73. The van der Waals surface area contributed by atoms with E-state index in [1.165, 1.54) is 0 Å². The molecule has 0 unspecified atom stereocenters. The Balaban J connectivity index is 2.32. The first-order valence-corrected chi connectivity index (χ1v) is 7.95. The van der Waals surface area contributed by atoms with Gasteiger partial charge in [0.1, 0.15) is 0 Å². The molecule has 0 aliphatic carbocycles. The van der Waals surface area contributed by atoms with Gasteiger partial charge in [-0.05, 0) is 43.8 Å². The predicted octanol–water partition coefficient (Wildman–Crippen LogP) is 4.48. The van der Waals surface area contributed by atoms with Crippen LogP contribution in [0.1, 0.15) is 32.2 Å². The summed E-state index contributed by atoms with van der Waals surface area (Å²) in [6.07, 6.45) is 2.33. The summed E-state index contributed by atoms with van der Waals surface area (Å²) in [7, 11) is 0. The number of H-pyrrole nitrogens is 1. The van der Waals surface area contributed by atoms with E-state index in [2.05, 4.69) is 15.3 Å². The average molecular weight is 359 g/mol. The molecule has 22 heavy (non-hydrogen) atoms. The molecular weight excluding hydrogens is 343 g/mol. The first-order valence-electron chi connectivity index (χ1n) is 6.78. The van der Waals surface area contributed by atoms with E-state index in [1.54, 1.807) is 23.0 Å². The summed E-state index contributed by atoms with van der Waals surface area (Å²) in [4.78, 5) is 0. The summed E-state index contributed by atoms with van der Waals surface area (Å²) in [5, 5.41) is 12.0. The van der Waals surface area contributed by atoms with E-state index in [0.717, 1.165) is 11.4 Å². The normalized spacial score (nSPS) is 11.5. The van der Waals surface area contributed by atoms with Gasteiger partial charge in [0.2, 0.25) is 4.77 Å². The number of ether oxygens (including phenoxy) is 1. The lowest BCUT2D eigenvalue weighted by molar-refractivity contribution is 0.243. The number of rotatable bonds is 5. The van der Waals surface area contributed by atoms with Gasteiger partial charge < -0.3 is 4.74 Å². The Morgan fingerprint density at radius 3 is 2.59 bits per heavy atom. The number of benzene rings is 1. The molecule has 2 aromatic rings. The Hall–Kier alpha value is -1.37. The van der Waals surface area contributed by atoms with Gasteiger partial charge in [0, 0.05) is 6.42 Å². The van der Waals surface area contributed by atoms with Crippen LogP contribution in [0, 0.1) is 4.77 Å². The number of aromatic amines is 1. The van der Waals surface area contributed by atoms with Gasteiger partial charge in [0.15, 0.2) is 11.6 Å². The maximum Gasteiger partial charge on any atom is 0.216 e. The van der Waals surface area contributed by atoms with Crippen LogP contribution in [0.3, 0.4) is 0 Å². The standard InChI is InChI=1S/C14H16Cl2N4OS/c1-4-12-18-19-14(22)20(12)17-7-9-5-10(15)13(11(16)6-9)21-8(2)3/h5-8H,4H2,1-3H3,(H,19,22)/b17-7-. The third-order valence-corrected chi connectivity index (χ3v) is 3.56. The Labute approximate surface area is 143 Å². The van der Waals surface area contributed by atoms with Crippen LogP contribution < -0.4 is 4.74 Å². The van der Waals surface area contributed by atoms with E-state index < -0.39 is 0 Å². The second-order valence-electron chi connectivity index (χ2n) is 4.84. The number of aryl methyl sites for hydroxylation is 1. The summed E-state index contributed by atoms with van der Waals surface area (Å²) in [6, 6.07) is 3.48. The van der Waals surface area contributed by atoms with E-state index in [1.807, 2.05) is 20.8 Å². The highest BCUT2D eigenvalue weighted by molar-refractivity contribution is 7.71. The van der Waals surface area contributed by atoms with Gasteiger partial charge in [-0.15, -0.1) is 0 Å². The minimum Gasteiger partial charge on any atom is -0.488 e. The van der Waals surface area contributed by atoms with E-state index in [-0.39, 0.29) is 6.10 Å². The lowest BCUT2D eigenvalue weighted by Gasteiger charge is -2.13. The van der Waals surface area contributed by atoms with Crippen LogP contribution in [-0.4, -0.2) is 27.2 Å². The molecule has 5 nitrogen and oxygen atoms in total. The number of aromatic nitrogens is 3. The maximum atomic E-state index is 6.21. The highest BCUT2D eigenvalue weighted by Gasteiger charge is 2.11. The van der Waals surface area contributed by atoms with Crippen molar-refractivity contribution >= 4 is 41.6 Å². The lowest BCUT2D eigenvalue weighted by atomic mass is 10.2. The SMILES string of the molecule is CCc1n[nH]c(=S)n1/N=C\c1cc(Cl)c(OC(C)C)c(Cl)c1. The van der Waals surface area contributed by atoms with Crippen LogP contribution >= 0.6 is 35.4 Å². The second kappa shape index (κ2) is 7.26. The monoisotopic (exact) mass is 358 g/mol. The third kappa shape index (κ3) is 3.88. The molecule has 0 saturated carbocycles. The predicted molar refractivity (Wildman–Crippen MR) is 92.0 cm³/mol. The first-order chi connectivity index (χ1) is 10.4. The molecule has 1 N–H and O–H groups in total. The van der Waals surface area contributed by atoms with Crippen LogP contribution in [0.4, 0.5) is 0 Å². The number of hydrogen-bond donors (Lipinski definition) is 1. The smallest absolute Gasteiger partial charge is 0.216 e. The van der Waals surface area contributed by atoms with Crippen molar-refractivity contribution in [2.24, 2.45) is 5.10 Å². The molecule has 1 aromatic heterocycles. The fourth-order valence-corrected chi connectivity index (χ4v) is 2.59. The van der Waals surface area contributed by atoms with Crippen molar-refractivity contribution in [1.29, 1.82) is 0 Å².